The summed E-state index contributed by atoms with van der Waals surface area (Å²) in [6, 6.07) is 7.55. The van der Waals surface area contributed by atoms with Crippen LogP contribution in [0.5, 0.6) is 0 Å². The number of nitrogens with zero attached hydrogens (tertiary/aromatic N) is 1. The Hall–Kier alpha value is -1.82. The van der Waals surface area contributed by atoms with E-state index in [9.17, 15) is 4.39 Å². The van der Waals surface area contributed by atoms with Crippen LogP contribution in [0.3, 0.4) is 0 Å². The van der Waals surface area contributed by atoms with Gasteiger partial charge in [0, 0.05) is 5.69 Å². The normalized spacial score (nSPS) is 11.5. The molecule has 3 heteroatoms. The van der Waals surface area contributed by atoms with Crippen LogP contribution in [0, 0.1) is 17.1 Å². The SMILES string of the molecule is C=C(C)C(C#N)Nc1cccc(F)c1. The average molecular weight is 190 g/mol. The van der Waals surface area contributed by atoms with Gasteiger partial charge in [0.2, 0.25) is 0 Å². The molecule has 0 aliphatic carbocycles. The molecule has 1 aromatic carbocycles. The van der Waals surface area contributed by atoms with E-state index in [0.29, 0.717) is 11.3 Å². The highest BCUT2D eigenvalue weighted by Crippen LogP contribution is 2.12. The fraction of sp³-hybridized carbons (Fsp3) is 0.182. The zero-order valence-electron chi connectivity index (χ0n) is 7.92. The highest BCUT2D eigenvalue weighted by atomic mass is 19.1. The molecule has 0 aromatic heterocycles. The second-order valence-corrected chi connectivity index (χ2v) is 3.06. The van der Waals surface area contributed by atoms with Gasteiger partial charge in [-0.15, -0.1) is 0 Å². The molecule has 1 unspecified atom stereocenters. The summed E-state index contributed by atoms with van der Waals surface area (Å²) in [4.78, 5) is 0. The molecule has 0 bridgehead atoms. The summed E-state index contributed by atoms with van der Waals surface area (Å²) in [6.45, 7) is 5.42. The van der Waals surface area contributed by atoms with Crippen molar-refractivity contribution in [1.29, 1.82) is 5.26 Å². The first-order valence-electron chi connectivity index (χ1n) is 4.20. The summed E-state index contributed by atoms with van der Waals surface area (Å²) in [7, 11) is 0. The summed E-state index contributed by atoms with van der Waals surface area (Å²) in [5.41, 5.74) is 1.29. The molecule has 1 rings (SSSR count). The lowest BCUT2D eigenvalue weighted by molar-refractivity contribution is 0.628. The summed E-state index contributed by atoms with van der Waals surface area (Å²) in [5, 5.41) is 11.6. The zero-order chi connectivity index (χ0) is 10.6. The predicted octanol–water partition coefficient (Wildman–Crippen LogP) is 2.71. The molecule has 0 amide bonds. The molecule has 0 spiro atoms. The van der Waals surface area contributed by atoms with E-state index in [1.165, 1.54) is 12.1 Å². The average Bonchev–Trinajstić information content (AvgIpc) is 2.14. The van der Waals surface area contributed by atoms with Gasteiger partial charge in [0.1, 0.15) is 11.9 Å². The minimum absolute atomic E-state index is 0.326. The molecule has 0 heterocycles. The number of hydrogen-bond donors (Lipinski definition) is 1. The fourth-order valence-electron chi connectivity index (χ4n) is 1.01. The predicted molar refractivity (Wildman–Crippen MR) is 54.2 cm³/mol. The molecule has 14 heavy (non-hydrogen) atoms. The first-order valence-corrected chi connectivity index (χ1v) is 4.20. The van der Waals surface area contributed by atoms with Crippen molar-refractivity contribution in [2.45, 2.75) is 13.0 Å². The van der Waals surface area contributed by atoms with Gasteiger partial charge < -0.3 is 5.32 Å². The Morgan fingerprint density at radius 3 is 2.86 bits per heavy atom. The van der Waals surface area contributed by atoms with E-state index < -0.39 is 6.04 Å². The summed E-state index contributed by atoms with van der Waals surface area (Å²) in [6.07, 6.45) is 0. The van der Waals surface area contributed by atoms with Gasteiger partial charge in [-0.2, -0.15) is 5.26 Å². The molecular formula is C11H11FN2. The topological polar surface area (TPSA) is 35.8 Å². The van der Waals surface area contributed by atoms with E-state index in [2.05, 4.69) is 11.9 Å². The highest BCUT2D eigenvalue weighted by molar-refractivity contribution is 5.47. The number of nitrogens with one attached hydrogen (secondary N) is 1. The van der Waals surface area contributed by atoms with Crippen molar-refractivity contribution in [3.8, 4) is 6.07 Å². The first kappa shape index (κ1) is 10.3. The molecule has 1 N–H and O–H groups in total. The van der Waals surface area contributed by atoms with Gasteiger partial charge in [0.05, 0.1) is 6.07 Å². The van der Waals surface area contributed by atoms with Crippen molar-refractivity contribution in [3.63, 3.8) is 0 Å². The first-order chi connectivity index (χ1) is 6.63. The molecule has 0 saturated carbocycles. The molecule has 2 nitrogen and oxygen atoms in total. The standard InChI is InChI=1S/C11H11FN2/c1-8(2)11(7-13)14-10-5-3-4-9(12)6-10/h3-6,11,14H,1H2,2H3. The van der Waals surface area contributed by atoms with Crippen LogP contribution in [0.4, 0.5) is 10.1 Å². The van der Waals surface area contributed by atoms with E-state index in [1.807, 2.05) is 6.07 Å². The molecule has 1 aromatic rings. The van der Waals surface area contributed by atoms with E-state index >= 15 is 0 Å². The van der Waals surface area contributed by atoms with Crippen LogP contribution in [-0.4, -0.2) is 6.04 Å². The lowest BCUT2D eigenvalue weighted by atomic mass is 10.1. The monoisotopic (exact) mass is 190 g/mol. The van der Waals surface area contributed by atoms with Gasteiger partial charge in [-0.05, 0) is 30.7 Å². The van der Waals surface area contributed by atoms with Crippen LogP contribution >= 0.6 is 0 Å². The maximum absolute atomic E-state index is 12.8. The van der Waals surface area contributed by atoms with Crippen molar-refractivity contribution < 1.29 is 4.39 Å². The molecular weight excluding hydrogens is 179 g/mol. The van der Waals surface area contributed by atoms with Crippen LogP contribution in [0.2, 0.25) is 0 Å². The van der Waals surface area contributed by atoms with E-state index in [0.717, 1.165) is 0 Å². The third kappa shape index (κ3) is 2.60. The number of hydrogen-bond acceptors (Lipinski definition) is 2. The van der Waals surface area contributed by atoms with E-state index in [1.54, 1.807) is 19.1 Å². The minimum atomic E-state index is -0.475. The third-order valence-corrected chi connectivity index (χ3v) is 1.76. The number of rotatable bonds is 3. The van der Waals surface area contributed by atoms with Crippen LogP contribution in [0.15, 0.2) is 36.4 Å². The Morgan fingerprint density at radius 1 is 1.64 bits per heavy atom. The maximum Gasteiger partial charge on any atom is 0.135 e. The molecule has 72 valence electrons. The van der Waals surface area contributed by atoms with Gasteiger partial charge in [-0.3, -0.25) is 0 Å². The van der Waals surface area contributed by atoms with Gasteiger partial charge in [-0.1, -0.05) is 12.6 Å². The maximum atomic E-state index is 12.8. The number of halogens is 1. The van der Waals surface area contributed by atoms with E-state index in [4.69, 9.17) is 5.26 Å². The van der Waals surface area contributed by atoms with Gasteiger partial charge in [0.15, 0.2) is 0 Å². The smallest absolute Gasteiger partial charge is 0.135 e. The van der Waals surface area contributed by atoms with Crippen molar-refractivity contribution >= 4 is 5.69 Å². The van der Waals surface area contributed by atoms with Crippen molar-refractivity contribution in [2.24, 2.45) is 0 Å². The number of nitriles is 1. The van der Waals surface area contributed by atoms with Gasteiger partial charge in [-0.25, -0.2) is 4.39 Å². The Balaban J connectivity index is 2.78. The Labute approximate surface area is 82.7 Å². The van der Waals surface area contributed by atoms with Gasteiger partial charge >= 0.3 is 0 Å². The van der Waals surface area contributed by atoms with Crippen LogP contribution in [0.1, 0.15) is 6.92 Å². The summed E-state index contributed by atoms with van der Waals surface area (Å²) < 4.78 is 12.8. The largest absolute Gasteiger partial charge is 0.366 e. The minimum Gasteiger partial charge on any atom is -0.366 e. The molecule has 0 radical (unpaired) electrons. The number of anilines is 1. The zero-order valence-corrected chi connectivity index (χ0v) is 7.92. The quantitative estimate of drug-likeness (QED) is 0.744. The van der Waals surface area contributed by atoms with Crippen molar-refractivity contribution in [1.82, 2.24) is 0 Å². The Kier molecular flexibility index (Phi) is 3.24. The molecule has 1 atom stereocenters. The van der Waals surface area contributed by atoms with E-state index in [-0.39, 0.29) is 5.82 Å². The molecule has 0 aliphatic rings. The van der Waals surface area contributed by atoms with Crippen LogP contribution in [-0.2, 0) is 0 Å². The highest BCUT2D eigenvalue weighted by Gasteiger charge is 2.07. The third-order valence-electron chi connectivity index (χ3n) is 1.76. The second kappa shape index (κ2) is 4.43. The summed E-state index contributed by atoms with van der Waals surface area (Å²) >= 11 is 0. The lowest BCUT2D eigenvalue weighted by Gasteiger charge is -2.12. The lowest BCUT2D eigenvalue weighted by Crippen LogP contribution is -2.17. The fourth-order valence-corrected chi connectivity index (χ4v) is 1.01. The Bertz CT molecular complexity index is 379. The number of benzene rings is 1. The summed E-state index contributed by atoms with van der Waals surface area (Å²) in [5.74, 6) is -0.326. The van der Waals surface area contributed by atoms with Crippen LogP contribution in [0.25, 0.3) is 0 Å². The Morgan fingerprint density at radius 2 is 2.36 bits per heavy atom. The molecule has 0 aliphatic heterocycles. The van der Waals surface area contributed by atoms with Gasteiger partial charge in [0.25, 0.3) is 0 Å². The van der Waals surface area contributed by atoms with Crippen molar-refractivity contribution in [2.75, 3.05) is 5.32 Å². The second-order valence-electron chi connectivity index (χ2n) is 3.06. The molecule has 0 saturated heterocycles. The van der Waals surface area contributed by atoms with Crippen molar-refractivity contribution in [3.05, 3.63) is 42.2 Å². The van der Waals surface area contributed by atoms with Crippen LogP contribution < -0.4 is 5.32 Å². The molecule has 0 fully saturated rings.